The second kappa shape index (κ2) is 9.31. The Hall–Kier alpha value is -2.44. The number of ether oxygens (including phenoxy) is 2. The molecule has 0 aliphatic carbocycles. The van der Waals surface area contributed by atoms with Gasteiger partial charge in [0.2, 0.25) is 0 Å². The van der Waals surface area contributed by atoms with Gasteiger partial charge < -0.3 is 19.7 Å². The molecule has 0 saturated heterocycles. The zero-order valence-electron chi connectivity index (χ0n) is 15.7. The first kappa shape index (κ1) is 21.6. The minimum absolute atomic E-state index is 0.0339. The molecule has 0 amide bonds. The van der Waals surface area contributed by atoms with Gasteiger partial charge in [0, 0.05) is 35.1 Å². The minimum Gasteiger partial charge on any atom is -0.419 e. The van der Waals surface area contributed by atoms with Crippen molar-refractivity contribution in [3.05, 3.63) is 47.6 Å². The molecule has 1 aromatic carbocycles. The number of hydrogen-bond acceptors (Lipinski definition) is 6. The van der Waals surface area contributed by atoms with E-state index in [4.69, 9.17) is 9.47 Å². The predicted molar refractivity (Wildman–Crippen MR) is 98.1 cm³/mol. The highest BCUT2D eigenvalue weighted by molar-refractivity contribution is 5.91. The molecule has 26 heavy (non-hydrogen) atoms. The molecule has 2 unspecified atom stereocenters. The molecule has 0 aliphatic heterocycles. The van der Waals surface area contributed by atoms with E-state index in [1.807, 2.05) is 0 Å². The number of hydrogen-bond donors (Lipinski definition) is 2. The normalized spacial score (nSPS) is 12.8. The third-order valence-electron chi connectivity index (χ3n) is 3.39. The summed E-state index contributed by atoms with van der Waals surface area (Å²) in [6.07, 6.45) is -1.04. The molecule has 0 heterocycles. The van der Waals surface area contributed by atoms with Gasteiger partial charge in [-0.15, -0.1) is 0 Å². The Balaban J connectivity index is 3.55. The van der Waals surface area contributed by atoms with Crippen LogP contribution in [0.15, 0.2) is 36.4 Å². The van der Waals surface area contributed by atoms with E-state index in [1.54, 1.807) is 26.0 Å². The molecule has 142 valence electrons. The van der Waals surface area contributed by atoms with Crippen molar-refractivity contribution < 1.29 is 29.3 Å². The summed E-state index contributed by atoms with van der Waals surface area (Å²) in [6.45, 7) is 13.3. The average molecular weight is 362 g/mol. The van der Waals surface area contributed by atoms with E-state index in [0.717, 1.165) is 0 Å². The third-order valence-corrected chi connectivity index (χ3v) is 3.39. The maximum absolute atomic E-state index is 12.1. The van der Waals surface area contributed by atoms with Gasteiger partial charge in [-0.1, -0.05) is 25.3 Å². The monoisotopic (exact) mass is 362 g/mol. The van der Waals surface area contributed by atoms with E-state index in [-0.39, 0.29) is 35.5 Å². The van der Waals surface area contributed by atoms with E-state index in [9.17, 15) is 19.8 Å². The summed E-state index contributed by atoms with van der Waals surface area (Å²) in [7, 11) is 0. The van der Waals surface area contributed by atoms with Crippen molar-refractivity contribution in [2.45, 2.75) is 52.7 Å². The molecular formula is C20H26O6. The zero-order valence-corrected chi connectivity index (χ0v) is 15.7. The fourth-order valence-corrected chi connectivity index (χ4v) is 2.19. The predicted octanol–water partition coefficient (Wildman–Crippen LogP) is 2.50. The quantitative estimate of drug-likeness (QED) is 0.419. The summed E-state index contributed by atoms with van der Waals surface area (Å²) in [4.78, 5) is 24.1. The number of aliphatic hydroxyl groups is 2. The van der Waals surface area contributed by atoms with Crippen molar-refractivity contribution in [3.8, 4) is 11.5 Å². The van der Waals surface area contributed by atoms with E-state index in [2.05, 4.69) is 13.2 Å². The maximum atomic E-state index is 12.1. The van der Waals surface area contributed by atoms with Crippen LogP contribution in [0.5, 0.6) is 11.5 Å². The summed E-state index contributed by atoms with van der Waals surface area (Å²) in [6, 6.07) is 3.34. The first-order valence-electron chi connectivity index (χ1n) is 8.29. The molecule has 2 N–H and O–H groups in total. The fraction of sp³-hybridized carbons (Fsp3) is 0.400. The topological polar surface area (TPSA) is 93.1 Å². The summed E-state index contributed by atoms with van der Waals surface area (Å²) in [5.74, 6) is -1.30. The van der Waals surface area contributed by atoms with Crippen molar-refractivity contribution in [3.63, 3.8) is 0 Å². The number of carbonyl (C=O) groups is 2. The highest BCUT2D eigenvalue weighted by atomic mass is 16.6. The minimum atomic E-state index is -0.704. The van der Waals surface area contributed by atoms with Gasteiger partial charge in [0.25, 0.3) is 0 Å². The molecular weight excluding hydrogens is 336 g/mol. The first-order chi connectivity index (χ1) is 12.0. The first-order valence-corrected chi connectivity index (χ1v) is 8.29. The van der Waals surface area contributed by atoms with Crippen LogP contribution >= 0.6 is 0 Å². The van der Waals surface area contributed by atoms with Crippen molar-refractivity contribution in [1.82, 2.24) is 0 Å². The average Bonchev–Trinajstić information content (AvgIpc) is 2.51. The van der Waals surface area contributed by atoms with Crippen molar-refractivity contribution in [1.29, 1.82) is 0 Å². The van der Waals surface area contributed by atoms with E-state index < -0.39 is 24.1 Å². The Kier molecular flexibility index (Phi) is 7.74. The Morgan fingerprint density at radius 1 is 0.885 bits per heavy atom. The van der Waals surface area contributed by atoms with Gasteiger partial charge in [-0.3, -0.25) is 0 Å². The Labute approximate surface area is 153 Å². The van der Waals surface area contributed by atoms with Crippen LogP contribution in [-0.2, 0) is 22.4 Å². The molecule has 6 heteroatoms. The summed E-state index contributed by atoms with van der Waals surface area (Å²) < 4.78 is 10.8. The number of esters is 2. The lowest BCUT2D eigenvalue weighted by Crippen LogP contribution is -2.18. The van der Waals surface area contributed by atoms with Crippen LogP contribution in [0.25, 0.3) is 0 Å². The molecule has 2 atom stereocenters. The number of aliphatic hydroxyl groups excluding tert-OH is 2. The SMILES string of the molecule is C=C(C)C(=O)Oc1c(CC(C)O)ccc(CC(C)O)c1OC(=O)C(=C)C. The molecule has 0 radical (unpaired) electrons. The van der Waals surface area contributed by atoms with Gasteiger partial charge in [0.05, 0.1) is 12.2 Å². The fourth-order valence-electron chi connectivity index (χ4n) is 2.19. The smallest absolute Gasteiger partial charge is 0.338 e. The van der Waals surface area contributed by atoms with Gasteiger partial charge in [0.15, 0.2) is 11.5 Å². The van der Waals surface area contributed by atoms with Crippen LogP contribution in [0.4, 0.5) is 0 Å². The Morgan fingerprint density at radius 2 is 1.19 bits per heavy atom. The second-order valence-corrected chi connectivity index (χ2v) is 6.49. The van der Waals surface area contributed by atoms with Crippen LogP contribution in [0.3, 0.4) is 0 Å². The highest BCUT2D eigenvalue weighted by Gasteiger charge is 2.23. The Morgan fingerprint density at radius 3 is 1.42 bits per heavy atom. The molecule has 0 saturated carbocycles. The van der Waals surface area contributed by atoms with Gasteiger partial charge in [-0.05, 0) is 27.7 Å². The third kappa shape index (κ3) is 6.13. The van der Waals surface area contributed by atoms with Crippen LogP contribution in [-0.4, -0.2) is 34.4 Å². The molecule has 0 aromatic heterocycles. The summed E-state index contributed by atoms with van der Waals surface area (Å²) in [5, 5.41) is 19.5. The molecule has 0 fully saturated rings. The molecule has 0 aliphatic rings. The van der Waals surface area contributed by atoms with E-state index in [1.165, 1.54) is 13.8 Å². The lowest BCUT2D eigenvalue weighted by atomic mass is 10.0. The largest absolute Gasteiger partial charge is 0.419 e. The van der Waals surface area contributed by atoms with Gasteiger partial charge in [-0.25, -0.2) is 9.59 Å². The van der Waals surface area contributed by atoms with Crippen molar-refractivity contribution in [2.24, 2.45) is 0 Å². The summed E-state index contributed by atoms with van der Waals surface area (Å²) in [5.41, 5.74) is 1.33. The lowest BCUT2D eigenvalue weighted by molar-refractivity contribution is -0.132. The standard InChI is InChI=1S/C20H26O6/c1-11(2)19(23)25-17-15(9-13(5)21)7-8-16(10-14(6)22)18(17)26-20(24)12(3)4/h7-8,13-14,21-22H,1,3,9-10H2,2,4-6H3. The molecule has 0 bridgehead atoms. The van der Waals surface area contributed by atoms with Crippen LogP contribution in [0.2, 0.25) is 0 Å². The lowest BCUT2D eigenvalue weighted by Gasteiger charge is -2.19. The van der Waals surface area contributed by atoms with Crippen LogP contribution < -0.4 is 9.47 Å². The number of benzene rings is 1. The van der Waals surface area contributed by atoms with Gasteiger partial charge >= 0.3 is 11.9 Å². The number of carbonyl (C=O) groups excluding carboxylic acids is 2. The highest BCUT2D eigenvalue weighted by Crippen LogP contribution is 2.37. The zero-order chi connectivity index (χ0) is 20.0. The van der Waals surface area contributed by atoms with Gasteiger partial charge in [0.1, 0.15) is 0 Å². The van der Waals surface area contributed by atoms with Gasteiger partial charge in [-0.2, -0.15) is 0 Å². The molecule has 1 rings (SSSR count). The molecule has 0 spiro atoms. The molecule has 6 nitrogen and oxygen atoms in total. The van der Waals surface area contributed by atoms with E-state index >= 15 is 0 Å². The van der Waals surface area contributed by atoms with E-state index in [0.29, 0.717) is 11.1 Å². The summed E-state index contributed by atoms with van der Waals surface area (Å²) >= 11 is 0. The van der Waals surface area contributed by atoms with Crippen LogP contribution in [0, 0.1) is 0 Å². The number of rotatable bonds is 8. The van der Waals surface area contributed by atoms with Crippen molar-refractivity contribution in [2.75, 3.05) is 0 Å². The Bertz CT molecular complexity index is 654. The second-order valence-electron chi connectivity index (χ2n) is 6.49. The maximum Gasteiger partial charge on any atom is 0.338 e. The van der Waals surface area contributed by atoms with Crippen LogP contribution in [0.1, 0.15) is 38.8 Å². The molecule has 1 aromatic rings. The van der Waals surface area contributed by atoms with Crippen molar-refractivity contribution >= 4 is 11.9 Å².